The molecule has 5 nitrogen and oxygen atoms in total. The smallest absolute Gasteiger partial charge is 0.0958 e. The molecule has 5 N–H and O–H groups in total. The summed E-state index contributed by atoms with van der Waals surface area (Å²) < 4.78 is 0. The lowest BCUT2D eigenvalue weighted by molar-refractivity contribution is 0.198. The van der Waals surface area contributed by atoms with E-state index < -0.39 is 0 Å². The number of piperidine rings is 1. The van der Waals surface area contributed by atoms with Crippen LogP contribution >= 0.6 is 0 Å². The van der Waals surface area contributed by atoms with Crippen LogP contribution in [0.5, 0.6) is 0 Å². The Hall–Kier alpha value is -0.670. The summed E-state index contributed by atoms with van der Waals surface area (Å²) >= 11 is 0. The first-order valence-corrected chi connectivity index (χ1v) is 9.03. The van der Waals surface area contributed by atoms with Gasteiger partial charge in [0.25, 0.3) is 0 Å². The molecule has 22 heavy (non-hydrogen) atoms. The minimum atomic E-state index is 0.0797. The molecule has 0 amide bonds. The number of nitriles is 1. The van der Waals surface area contributed by atoms with Crippen molar-refractivity contribution < 1.29 is 0 Å². The van der Waals surface area contributed by atoms with E-state index >= 15 is 0 Å². The zero-order valence-electron chi connectivity index (χ0n) is 13.7. The molecule has 2 saturated carbocycles. The van der Waals surface area contributed by atoms with Crippen molar-refractivity contribution in [3.8, 4) is 6.07 Å². The Morgan fingerprint density at radius 3 is 2.45 bits per heavy atom. The van der Waals surface area contributed by atoms with Gasteiger partial charge in [-0.15, -0.1) is 0 Å². The van der Waals surface area contributed by atoms with Crippen LogP contribution in [0.4, 0.5) is 0 Å². The van der Waals surface area contributed by atoms with Gasteiger partial charge < -0.3 is 11.1 Å². The SMILES string of the molecule is CN.N#CC1CC2CNC(NC3C[C@H]4CC[C@@H](C3)C4)CC2N1. The summed E-state index contributed by atoms with van der Waals surface area (Å²) in [5.41, 5.74) is 4.50. The van der Waals surface area contributed by atoms with Gasteiger partial charge in [-0.2, -0.15) is 5.26 Å². The van der Waals surface area contributed by atoms with Gasteiger partial charge in [0.2, 0.25) is 0 Å². The Kier molecular flexibility index (Phi) is 5.35. The third kappa shape index (κ3) is 3.46. The summed E-state index contributed by atoms with van der Waals surface area (Å²) in [6.07, 6.45) is 9.81. The summed E-state index contributed by atoms with van der Waals surface area (Å²) in [7, 11) is 1.50. The van der Waals surface area contributed by atoms with Crippen LogP contribution in [0.3, 0.4) is 0 Å². The predicted molar refractivity (Wildman–Crippen MR) is 87.9 cm³/mol. The first kappa shape index (κ1) is 16.2. The van der Waals surface area contributed by atoms with Crippen LogP contribution in [0.25, 0.3) is 0 Å². The first-order chi connectivity index (χ1) is 10.8. The van der Waals surface area contributed by atoms with E-state index in [-0.39, 0.29) is 6.04 Å². The average Bonchev–Trinajstić information content (AvgIpc) is 3.11. The molecule has 4 fully saturated rings. The van der Waals surface area contributed by atoms with Crippen molar-refractivity contribution >= 4 is 0 Å². The molecule has 0 aromatic carbocycles. The van der Waals surface area contributed by atoms with Gasteiger partial charge in [0.05, 0.1) is 18.3 Å². The van der Waals surface area contributed by atoms with E-state index in [2.05, 4.69) is 27.8 Å². The highest BCUT2D eigenvalue weighted by atomic mass is 15.2. The van der Waals surface area contributed by atoms with Crippen LogP contribution in [0.1, 0.15) is 44.9 Å². The minimum Gasteiger partial charge on any atom is -0.333 e. The van der Waals surface area contributed by atoms with Crippen LogP contribution in [0.2, 0.25) is 0 Å². The van der Waals surface area contributed by atoms with Gasteiger partial charge in [-0.1, -0.05) is 12.8 Å². The number of nitrogens with zero attached hydrogens (tertiary/aromatic N) is 1. The molecule has 0 spiro atoms. The molecule has 2 saturated heterocycles. The molecule has 2 aliphatic heterocycles. The van der Waals surface area contributed by atoms with E-state index in [4.69, 9.17) is 5.26 Å². The van der Waals surface area contributed by atoms with Crippen molar-refractivity contribution in [2.75, 3.05) is 13.6 Å². The molecular weight excluding hydrogens is 274 g/mol. The highest BCUT2D eigenvalue weighted by Crippen LogP contribution is 2.42. The van der Waals surface area contributed by atoms with E-state index in [0.717, 1.165) is 37.3 Å². The van der Waals surface area contributed by atoms with Crippen LogP contribution in [0.15, 0.2) is 0 Å². The van der Waals surface area contributed by atoms with Gasteiger partial charge in [-0.05, 0) is 56.9 Å². The van der Waals surface area contributed by atoms with E-state index in [1.54, 1.807) is 0 Å². The van der Waals surface area contributed by atoms with E-state index in [1.807, 2.05) is 0 Å². The Morgan fingerprint density at radius 1 is 1.05 bits per heavy atom. The fourth-order valence-electron chi connectivity index (χ4n) is 5.19. The molecule has 2 heterocycles. The Balaban J connectivity index is 0.000000693. The summed E-state index contributed by atoms with van der Waals surface area (Å²) in [5.74, 6) is 2.64. The van der Waals surface area contributed by atoms with Crippen LogP contribution in [-0.2, 0) is 0 Å². The van der Waals surface area contributed by atoms with Gasteiger partial charge in [-0.3, -0.25) is 10.6 Å². The number of fused-ring (bicyclic) bond motifs is 3. The van der Waals surface area contributed by atoms with Crippen molar-refractivity contribution in [1.82, 2.24) is 16.0 Å². The number of hydrogen-bond acceptors (Lipinski definition) is 5. The maximum atomic E-state index is 9.06. The Morgan fingerprint density at radius 2 is 1.77 bits per heavy atom. The van der Waals surface area contributed by atoms with Crippen molar-refractivity contribution in [1.29, 1.82) is 5.26 Å². The van der Waals surface area contributed by atoms with Crippen molar-refractivity contribution in [3.05, 3.63) is 0 Å². The summed E-state index contributed by atoms with van der Waals surface area (Å²) in [5, 5.41) is 20.1. The number of nitrogens with two attached hydrogens (primary N) is 1. The third-order valence-electron chi connectivity index (χ3n) is 6.12. The third-order valence-corrected chi connectivity index (χ3v) is 6.12. The molecule has 2 aliphatic carbocycles. The Labute approximate surface area is 134 Å². The van der Waals surface area contributed by atoms with E-state index in [1.165, 1.54) is 39.2 Å². The van der Waals surface area contributed by atoms with Crippen LogP contribution in [0, 0.1) is 29.1 Å². The second-order valence-corrected chi connectivity index (χ2v) is 7.53. The zero-order valence-corrected chi connectivity index (χ0v) is 13.7. The largest absolute Gasteiger partial charge is 0.333 e. The first-order valence-electron chi connectivity index (χ1n) is 9.03. The molecule has 4 rings (SSSR count). The fraction of sp³-hybridized carbons (Fsp3) is 0.941. The van der Waals surface area contributed by atoms with E-state index in [0.29, 0.717) is 18.1 Å². The maximum absolute atomic E-state index is 9.06. The number of rotatable bonds is 2. The zero-order chi connectivity index (χ0) is 15.5. The molecule has 124 valence electrons. The summed E-state index contributed by atoms with van der Waals surface area (Å²) in [6, 6.07) is 3.72. The van der Waals surface area contributed by atoms with E-state index in [9.17, 15) is 0 Å². The Bertz CT molecular complexity index is 394. The topological polar surface area (TPSA) is 85.9 Å². The number of hydrogen-bond donors (Lipinski definition) is 4. The van der Waals surface area contributed by atoms with Gasteiger partial charge in [-0.25, -0.2) is 0 Å². The van der Waals surface area contributed by atoms with Crippen molar-refractivity contribution in [2.45, 2.75) is 69.2 Å². The summed E-state index contributed by atoms with van der Waals surface area (Å²) in [6.45, 7) is 1.06. The molecule has 0 aromatic rings. The van der Waals surface area contributed by atoms with Gasteiger partial charge >= 0.3 is 0 Å². The standard InChI is InChI=1S/C16H26N4.CH5N/c17-8-14-6-12-9-18-16(7-15(12)19-14)20-13-4-10-1-2-11(3-10)5-13;1-2/h10-16,18-20H,1-7,9H2;2H2,1H3/t10-,11+,12?,13?,14?,15?,16?;. The lowest BCUT2D eigenvalue weighted by atomic mass is 9.85. The molecule has 5 heteroatoms. The predicted octanol–water partition coefficient (Wildman–Crippen LogP) is 0.919. The fourth-order valence-corrected chi connectivity index (χ4v) is 5.19. The van der Waals surface area contributed by atoms with Gasteiger partial charge in [0.1, 0.15) is 0 Å². The second kappa shape index (κ2) is 7.27. The normalized spacial score (nSPS) is 46.3. The molecule has 2 bridgehead atoms. The van der Waals surface area contributed by atoms with Gasteiger partial charge in [0, 0.05) is 18.6 Å². The molecular formula is C17H31N5. The summed E-state index contributed by atoms with van der Waals surface area (Å²) in [4.78, 5) is 0. The second-order valence-electron chi connectivity index (χ2n) is 7.53. The van der Waals surface area contributed by atoms with Crippen molar-refractivity contribution in [2.24, 2.45) is 23.5 Å². The molecule has 0 aromatic heterocycles. The highest BCUT2D eigenvalue weighted by Gasteiger charge is 2.40. The minimum absolute atomic E-state index is 0.0797. The lowest BCUT2D eigenvalue weighted by Crippen LogP contribution is -2.57. The highest BCUT2D eigenvalue weighted by molar-refractivity contribution is 5.05. The average molecular weight is 305 g/mol. The molecule has 0 radical (unpaired) electrons. The molecule has 5 unspecified atom stereocenters. The quantitative estimate of drug-likeness (QED) is 0.609. The lowest BCUT2D eigenvalue weighted by Gasteiger charge is -2.37. The van der Waals surface area contributed by atoms with Crippen LogP contribution in [-0.4, -0.2) is 37.9 Å². The van der Waals surface area contributed by atoms with Gasteiger partial charge in [0.15, 0.2) is 0 Å². The maximum Gasteiger partial charge on any atom is 0.0958 e. The van der Waals surface area contributed by atoms with Crippen molar-refractivity contribution in [3.63, 3.8) is 0 Å². The monoisotopic (exact) mass is 305 g/mol. The molecule has 4 aliphatic rings. The van der Waals surface area contributed by atoms with Crippen LogP contribution < -0.4 is 21.7 Å². The molecule has 7 atom stereocenters. The number of nitrogens with one attached hydrogen (secondary N) is 3.